The van der Waals surface area contributed by atoms with Crippen molar-refractivity contribution in [3.05, 3.63) is 29.6 Å². The van der Waals surface area contributed by atoms with E-state index in [4.69, 9.17) is 0 Å². The van der Waals surface area contributed by atoms with Crippen LogP contribution in [0.4, 0.5) is 0 Å². The number of hydrogen-bond donors (Lipinski definition) is 0. The highest BCUT2D eigenvalue weighted by Crippen LogP contribution is 2.08. The lowest BCUT2D eigenvalue weighted by atomic mass is 10.2. The highest BCUT2D eigenvalue weighted by Gasteiger charge is 2.17. The molecule has 1 aromatic heterocycles. The topological polar surface area (TPSA) is 53.5 Å². The number of pyridine rings is 1. The van der Waals surface area contributed by atoms with Crippen LogP contribution >= 0.6 is 0 Å². The Morgan fingerprint density at radius 2 is 1.81 bits per heavy atom. The van der Waals surface area contributed by atoms with Gasteiger partial charge in [-0.1, -0.05) is 13.3 Å². The molecule has 0 aromatic carbocycles. The maximum atomic E-state index is 12.3. The Morgan fingerprint density at radius 1 is 1.14 bits per heavy atom. The molecule has 0 bridgehead atoms. The zero-order valence-electron chi connectivity index (χ0n) is 13.4. The van der Waals surface area contributed by atoms with Gasteiger partial charge in [-0.2, -0.15) is 0 Å². The van der Waals surface area contributed by atoms with Crippen LogP contribution in [0.3, 0.4) is 0 Å². The summed E-state index contributed by atoms with van der Waals surface area (Å²) in [5.74, 6) is -0.203. The first-order valence-electron chi connectivity index (χ1n) is 7.55. The Balaban J connectivity index is 2.90. The van der Waals surface area contributed by atoms with E-state index in [0.717, 1.165) is 19.4 Å². The van der Waals surface area contributed by atoms with Crippen LogP contribution in [-0.2, 0) is 0 Å². The fourth-order valence-corrected chi connectivity index (χ4v) is 2.07. The molecule has 0 aliphatic heterocycles. The average Bonchev–Trinajstić information content (AvgIpc) is 2.53. The summed E-state index contributed by atoms with van der Waals surface area (Å²) in [6, 6.07) is 3.25. The van der Waals surface area contributed by atoms with Crippen LogP contribution in [0.1, 0.15) is 54.5 Å². The molecule has 2 amide bonds. The molecule has 5 nitrogen and oxygen atoms in total. The minimum absolute atomic E-state index is 0.0700. The summed E-state index contributed by atoms with van der Waals surface area (Å²) in [5.41, 5.74) is 0.840. The second-order valence-corrected chi connectivity index (χ2v) is 4.99. The third kappa shape index (κ3) is 4.55. The Kier molecular flexibility index (Phi) is 6.85. The van der Waals surface area contributed by atoms with Gasteiger partial charge in [-0.25, -0.2) is 0 Å². The smallest absolute Gasteiger partial charge is 0.272 e. The van der Waals surface area contributed by atoms with E-state index in [2.05, 4.69) is 11.9 Å². The molecule has 0 radical (unpaired) electrons. The Hall–Kier alpha value is -1.91. The van der Waals surface area contributed by atoms with E-state index in [1.165, 1.54) is 6.20 Å². The van der Waals surface area contributed by atoms with Crippen molar-refractivity contribution in [3.8, 4) is 0 Å². The highest BCUT2D eigenvalue weighted by molar-refractivity contribution is 5.98. The summed E-state index contributed by atoms with van der Waals surface area (Å²) in [7, 11) is 1.78. The number of carbonyl (C=O) groups excluding carboxylic acids is 2. The quantitative estimate of drug-likeness (QED) is 0.775. The molecule has 1 heterocycles. The summed E-state index contributed by atoms with van der Waals surface area (Å²) in [6.45, 7) is 7.92. The van der Waals surface area contributed by atoms with E-state index < -0.39 is 0 Å². The van der Waals surface area contributed by atoms with Gasteiger partial charge >= 0.3 is 0 Å². The van der Waals surface area contributed by atoms with Crippen LogP contribution in [-0.4, -0.2) is 53.3 Å². The van der Waals surface area contributed by atoms with Crippen molar-refractivity contribution in [1.82, 2.24) is 14.8 Å². The lowest BCUT2D eigenvalue weighted by molar-refractivity contribution is 0.0767. The summed E-state index contributed by atoms with van der Waals surface area (Å²) in [4.78, 5) is 32.0. The van der Waals surface area contributed by atoms with E-state index in [-0.39, 0.29) is 11.8 Å². The molecule has 0 aliphatic rings. The normalized spacial score (nSPS) is 10.3. The number of nitrogens with zero attached hydrogens (tertiary/aromatic N) is 3. The summed E-state index contributed by atoms with van der Waals surface area (Å²) in [5, 5.41) is 0. The maximum absolute atomic E-state index is 12.3. The van der Waals surface area contributed by atoms with Gasteiger partial charge < -0.3 is 9.80 Å². The standard InChI is InChI=1S/C16H25N3O2/c1-5-8-11-18(4)15(20)13-9-10-17-14(12-13)16(21)19(6-2)7-3/h9-10,12H,5-8,11H2,1-4H3. The molecule has 0 saturated carbocycles. The number of carbonyl (C=O) groups is 2. The zero-order chi connectivity index (χ0) is 15.8. The Labute approximate surface area is 127 Å². The molecule has 0 atom stereocenters. The monoisotopic (exact) mass is 291 g/mol. The molecule has 116 valence electrons. The van der Waals surface area contributed by atoms with Gasteiger partial charge in [0.05, 0.1) is 0 Å². The average molecular weight is 291 g/mol. The third-order valence-corrected chi connectivity index (χ3v) is 3.47. The maximum Gasteiger partial charge on any atom is 0.272 e. The number of hydrogen-bond acceptors (Lipinski definition) is 3. The second-order valence-electron chi connectivity index (χ2n) is 4.99. The Morgan fingerprint density at radius 3 is 2.38 bits per heavy atom. The molecule has 0 spiro atoms. The number of aromatic nitrogens is 1. The summed E-state index contributed by atoms with van der Waals surface area (Å²) >= 11 is 0. The lowest BCUT2D eigenvalue weighted by Gasteiger charge is -2.19. The molecule has 5 heteroatoms. The van der Waals surface area contributed by atoms with Crippen LogP contribution in [0.2, 0.25) is 0 Å². The van der Waals surface area contributed by atoms with Gasteiger partial charge in [0, 0.05) is 38.4 Å². The molecule has 1 aromatic rings. The van der Waals surface area contributed by atoms with Crippen molar-refractivity contribution in [2.75, 3.05) is 26.7 Å². The van der Waals surface area contributed by atoms with Gasteiger partial charge in [-0.15, -0.1) is 0 Å². The van der Waals surface area contributed by atoms with Crippen molar-refractivity contribution < 1.29 is 9.59 Å². The predicted molar refractivity (Wildman–Crippen MR) is 83.4 cm³/mol. The first-order chi connectivity index (χ1) is 10.0. The number of rotatable bonds is 7. The van der Waals surface area contributed by atoms with E-state index >= 15 is 0 Å². The molecule has 1 rings (SSSR count). The summed E-state index contributed by atoms with van der Waals surface area (Å²) in [6.07, 6.45) is 3.54. The van der Waals surface area contributed by atoms with Crippen molar-refractivity contribution in [1.29, 1.82) is 0 Å². The van der Waals surface area contributed by atoms with Gasteiger partial charge in [-0.05, 0) is 32.4 Å². The van der Waals surface area contributed by atoms with Crippen LogP contribution in [0.25, 0.3) is 0 Å². The fraction of sp³-hybridized carbons (Fsp3) is 0.562. The van der Waals surface area contributed by atoms with E-state index in [1.54, 1.807) is 29.0 Å². The molecule has 0 saturated heterocycles. The minimum Gasteiger partial charge on any atom is -0.342 e. The van der Waals surface area contributed by atoms with Crippen LogP contribution < -0.4 is 0 Å². The van der Waals surface area contributed by atoms with Gasteiger partial charge in [0.25, 0.3) is 11.8 Å². The van der Waals surface area contributed by atoms with Crippen LogP contribution in [0, 0.1) is 0 Å². The first-order valence-corrected chi connectivity index (χ1v) is 7.55. The third-order valence-electron chi connectivity index (χ3n) is 3.47. The van der Waals surface area contributed by atoms with E-state index in [0.29, 0.717) is 24.3 Å². The molecule has 0 fully saturated rings. The minimum atomic E-state index is -0.133. The number of unbranched alkanes of at least 4 members (excludes halogenated alkanes) is 1. The highest BCUT2D eigenvalue weighted by atomic mass is 16.2. The van der Waals surface area contributed by atoms with Gasteiger partial charge in [-0.3, -0.25) is 14.6 Å². The SMILES string of the molecule is CCCCN(C)C(=O)c1ccnc(C(=O)N(CC)CC)c1. The molecule has 21 heavy (non-hydrogen) atoms. The van der Waals surface area contributed by atoms with Gasteiger partial charge in [0.1, 0.15) is 5.69 Å². The molecule has 0 N–H and O–H groups in total. The summed E-state index contributed by atoms with van der Waals surface area (Å²) < 4.78 is 0. The van der Waals surface area contributed by atoms with E-state index in [1.807, 2.05) is 13.8 Å². The van der Waals surface area contributed by atoms with Gasteiger partial charge in [0.15, 0.2) is 0 Å². The van der Waals surface area contributed by atoms with Crippen LogP contribution in [0.15, 0.2) is 18.3 Å². The van der Waals surface area contributed by atoms with Crippen molar-refractivity contribution in [3.63, 3.8) is 0 Å². The Bertz CT molecular complexity index is 484. The number of amides is 2. The van der Waals surface area contributed by atoms with Crippen molar-refractivity contribution >= 4 is 11.8 Å². The second kappa shape index (κ2) is 8.39. The lowest BCUT2D eigenvalue weighted by Crippen LogP contribution is -2.32. The predicted octanol–water partition coefficient (Wildman–Crippen LogP) is 2.44. The largest absolute Gasteiger partial charge is 0.342 e. The van der Waals surface area contributed by atoms with E-state index in [9.17, 15) is 9.59 Å². The molecular formula is C16H25N3O2. The van der Waals surface area contributed by atoms with Crippen molar-refractivity contribution in [2.45, 2.75) is 33.6 Å². The van der Waals surface area contributed by atoms with Crippen LogP contribution in [0.5, 0.6) is 0 Å². The van der Waals surface area contributed by atoms with Crippen molar-refractivity contribution in [2.24, 2.45) is 0 Å². The molecule has 0 unspecified atom stereocenters. The molecule has 0 aliphatic carbocycles. The first kappa shape index (κ1) is 17.1. The van der Waals surface area contributed by atoms with Gasteiger partial charge in [0.2, 0.25) is 0 Å². The molecular weight excluding hydrogens is 266 g/mol. The fourth-order valence-electron chi connectivity index (χ4n) is 2.07. The zero-order valence-corrected chi connectivity index (χ0v) is 13.4.